The highest BCUT2D eigenvalue weighted by atomic mass is 32.1. The maximum absolute atomic E-state index is 10.6. The molecule has 0 aliphatic carbocycles. The maximum Gasteiger partial charge on any atom is 0.342 e. The average molecular weight is 196 g/mol. The van der Waals surface area contributed by atoms with Gasteiger partial charge in [-0.05, 0) is 11.6 Å². The molecule has 0 spiro atoms. The van der Waals surface area contributed by atoms with Crippen LogP contribution >= 0.6 is 12.9 Å². The van der Waals surface area contributed by atoms with Crippen LogP contribution in [0.2, 0.25) is 0 Å². The van der Waals surface area contributed by atoms with E-state index in [4.69, 9.17) is 0 Å². The second-order valence-electron chi connectivity index (χ2n) is 2.15. The van der Waals surface area contributed by atoms with Gasteiger partial charge in [-0.25, -0.2) is 4.79 Å². The van der Waals surface area contributed by atoms with Gasteiger partial charge in [-0.15, -0.1) is 0 Å². The molecule has 1 aromatic carbocycles. The molecular formula is C10H12O2S. The lowest BCUT2D eigenvalue weighted by atomic mass is 10.2. The van der Waals surface area contributed by atoms with Gasteiger partial charge in [0.05, 0.1) is 0 Å². The SMILES string of the molecule is C.O=C(C=Cc1ccccc1)OS. The van der Waals surface area contributed by atoms with Crippen LogP contribution in [0.15, 0.2) is 36.4 Å². The molecule has 2 nitrogen and oxygen atoms in total. The summed E-state index contributed by atoms with van der Waals surface area (Å²) in [6, 6.07) is 9.48. The Morgan fingerprint density at radius 1 is 1.31 bits per heavy atom. The molecule has 70 valence electrons. The second-order valence-corrected chi connectivity index (χ2v) is 2.34. The Bertz CT molecular complexity index is 280. The van der Waals surface area contributed by atoms with Crippen molar-refractivity contribution >= 4 is 25.0 Å². The Morgan fingerprint density at radius 3 is 2.46 bits per heavy atom. The van der Waals surface area contributed by atoms with Crippen LogP contribution in [0.4, 0.5) is 0 Å². The van der Waals surface area contributed by atoms with E-state index in [-0.39, 0.29) is 7.43 Å². The minimum atomic E-state index is -0.470. The van der Waals surface area contributed by atoms with Crippen molar-refractivity contribution < 1.29 is 8.98 Å². The van der Waals surface area contributed by atoms with Gasteiger partial charge in [0.1, 0.15) is 0 Å². The summed E-state index contributed by atoms with van der Waals surface area (Å²) in [4.78, 5) is 10.6. The molecule has 0 saturated carbocycles. The van der Waals surface area contributed by atoms with Gasteiger partial charge in [0.25, 0.3) is 0 Å². The number of hydrogen-bond donors (Lipinski definition) is 1. The summed E-state index contributed by atoms with van der Waals surface area (Å²) in [6.07, 6.45) is 2.99. The van der Waals surface area contributed by atoms with Crippen molar-refractivity contribution in [2.75, 3.05) is 0 Å². The fraction of sp³-hybridized carbons (Fsp3) is 0.100. The van der Waals surface area contributed by atoms with Crippen LogP contribution in [0.3, 0.4) is 0 Å². The fourth-order valence-electron chi connectivity index (χ4n) is 0.759. The van der Waals surface area contributed by atoms with Gasteiger partial charge in [-0.2, -0.15) is 0 Å². The number of hydrogen-bond acceptors (Lipinski definition) is 3. The molecule has 1 rings (SSSR count). The number of carbonyl (C=O) groups is 1. The first kappa shape index (κ1) is 11.8. The molecule has 0 aliphatic heterocycles. The Kier molecular flexibility index (Phi) is 5.72. The minimum absolute atomic E-state index is 0. The smallest absolute Gasteiger partial charge is 0.342 e. The highest BCUT2D eigenvalue weighted by Gasteiger charge is 1.90. The number of thiol groups is 1. The topological polar surface area (TPSA) is 26.3 Å². The summed E-state index contributed by atoms with van der Waals surface area (Å²) in [5.74, 6) is -0.470. The van der Waals surface area contributed by atoms with E-state index < -0.39 is 5.97 Å². The maximum atomic E-state index is 10.6. The van der Waals surface area contributed by atoms with Gasteiger partial charge in [0.2, 0.25) is 0 Å². The molecule has 1 aromatic rings. The van der Waals surface area contributed by atoms with Crippen LogP contribution in [0.5, 0.6) is 0 Å². The predicted molar refractivity (Wildman–Crippen MR) is 57.3 cm³/mol. The molecule has 0 aromatic heterocycles. The van der Waals surface area contributed by atoms with E-state index in [1.54, 1.807) is 6.08 Å². The molecule has 0 radical (unpaired) electrons. The van der Waals surface area contributed by atoms with Crippen LogP contribution in [-0.4, -0.2) is 5.97 Å². The molecule has 0 aliphatic rings. The summed E-state index contributed by atoms with van der Waals surface area (Å²) in [6.45, 7) is 0. The van der Waals surface area contributed by atoms with E-state index in [0.717, 1.165) is 5.56 Å². The van der Waals surface area contributed by atoms with Crippen molar-refractivity contribution in [3.05, 3.63) is 42.0 Å². The zero-order valence-electron chi connectivity index (χ0n) is 6.31. The first-order valence-corrected chi connectivity index (χ1v) is 3.78. The van der Waals surface area contributed by atoms with Crippen molar-refractivity contribution in [3.8, 4) is 0 Å². The average Bonchev–Trinajstić information content (AvgIpc) is 2.16. The summed E-state index contributed by atoms with van der Waals surface area (Å²) in [7, 11) is 0. The van der Waals surface area contributed by atoms with E-state index in [1.165, 1.54) is 6.08 Å². The molecule has 0 amide bonds. The van der Waals surface area contributed by atoms with Crippen LogP contribution in [0, 0.1) is 0 Å². The molecule has 3 heteroatoms. The van der Waals surface area contributed by atoms with E-state index in [0.29, 0.717) is 0 Å². The van der Waals surface area contributed by atoms with Gasteiger partial charge in [0, 0.05) is 19.0 Å². The summed E-state index contributed by atoms with van der Waals surface area (Å²) >= 11 is 3.36. The first-order chi connectivity index (χ1) is 5.83. The minimum Gasteiger partial charge on any atom is -0.391 e. The van der Waals surface area contributed by atoms with Gasteiger partial charge in [-0.1, -0.05) is 37.8 Å². The van der Waals surface area contributed by atoms with Crippen molar-refractivity contribution in [1.82, 2.24) is 0 Å². The Balaban J connectivity index is 0.00000144. The lowest BCUT2D eigenvalue weighted by Crippen LogP contribution is -1.88. The number of carbonyl (C=O) groups excluding carboxylic acids is 1. The van der Waals surface area contributed by atoms with Gasteiger partial charge in [0.15, 0.2) is 0 Å². The monoisotopic (exact) mass is 196 g/mol. The van der Waals surface area contributed by atoms with Crippen molar-refractivity contribution in [2.24, 2.45) is 0 Å². The fourth-order valence-corrected chi connectivity index (χ4v) is 0.820. The van der Waals surface area contributed by atoms with Crippen LogP contribution in [0.1, 0.15) is 13.0 Å². The highest BCUT2D eigenvalue weighted by molar-refractivity contribution is 7.75. The molecule has 13 heavy (non-hydrogen) atoms. The Hall–Kier alpha value is -1.22. The lowest BCUT2D eigenvalue weighted by Gasteiger charge is -1.90. The normalized spacial score (nSPS) is 9.31. The number of rotatable bonds is 2. The number of benzene rings is 1. The quantitative estimate of drug-likeness (QED) is 0.447. The zero-order valence-corrected chi connectivity index (χ0v) is 7.20. The van der Waals surface area contributed by atoms with E-state index >= 15 is 0 Å². The second kappa shape index (κ2) is 6.31. The molecule has 0 saturated heterocycles. The lowest BCUT2D eigenvalue weighted by molar-refractivity contribution is -0.127. The molecule has 0 atom stereocenters. The Morgan fingerprint density at radius 2 is 1.92 bits per heavy atom. The van der Waals surface area contributed by atoms with Crippen LogP contribution < -0.4 is 0 Å². The summed E-state index contributed by atoms with van der Waals surface area (Å²) in [5, 5.41) is 0. The van der Waals surface area contributed by atoms with Crippen molar-refractivity contribution in [3.63, 3.8) is 0 Å². The van der Waals surface area contributed by atoms with Crippen molar-refractivity contribution in [1.29, 1.82) is 0 Å². The zero-order chi connectivity index (χ0) is 8.81. The summed E-state index contributed by atoms with van der Waals surface area (Å²) in [5.41, 5.74) is 0.955. The standard InChI is InChI=1S/C9H8O2S.CH4/c10-9(11-12)7-6-8-4-2-1-3-5-8;/h1-7,12H;1H4. The van der Waals surface area contributed by atoms with Gasteiger partial charge < -0.3 is 4.18 Å². The Labute approximate surface area is 83.8 Å². The third-order valence-corrected chi connectivity index (χ3v) is 1.48. The first-order valence-electron chi connectivity index (χ1n) is 3.41. The third kappa shape index (κ3) is 4.38. The largest absolute Gasteiger partial charge is 0.391 e. The molecular weight excluding hydrogens is 184 g/mol. The molecule has 0 N–H and O–H groups in total. The molecule has 0 unspecified atom stereocenters. The van der Waals surface area contributed by atoms with Gasteiger partial charge >= 0.3 is 5.97 Å². The molecule has 0 heterocycles. The van der Waals surface area contributed by atoms with E-state index in [1.807, 2.05) is 30.3 Å². The van der Waals surface area contributed by atoms with Gasteiger partial charge in [-0.3, -0.25) is 0 Å². The summed E-state index contributed by atoms with van der Waals surface area (Å²) < 4.78 is 4.14. The molecule has 0 bridgehead atoms. The van der Waals surface area contributed by atoms with Crippen molar-refractivity contribution in [2.45, 2.75) is 7.43 Å². The van der Waals surface area contributed by atoms with E-state index in [2.05, 4.69) is 17.1 Å². The van der Waals surface area contributed by atoms with E-state index in [9.17, 15) is 4.79 Å². The van der Waals surface area contributed by atoms with Crippen LogP contribution in [-0.2, 0) is 8.98 Å². The molecule has 0 fully saturated rings. The predicted octanol–water partition coefficient (Wildman–Crippen LogP) is 2.72. The third-order valence-electron chi connectivity index (χ3n) is 1.30. The van der Waals surface area contributed by atoms with Crippen LogP contribution in [0.25, 0.3) is 6.08 Å². The highest BCUT2D eigenvalue weighted by Crippen LogP contribution is 2.01.